The number of halogens is 3. The van der Waals surface area contributed by atoms with Gasteiger partial charge in [0.1, 0.15) is 22.6 Å². The minimum absolute atomic E-state index is 0.00673. The Morgan fingerprint density at radius 2 is 1.62 bits per heavy atom. The third-order valence-electron chi connectivity index (χ3n) is 11.5. The van der Waals surface area contributed by atoms with Crippen LogP contribution in [0.3, 0.4) is 0 Å². The molecule has 3 aliphatic rings. The van der Waals surface area contributed by atoms with E-state index in [0.717, 1.165) is 21.6 Å². The number of aromatic nitrogens is 5. The van der Waals surface area contributed by atoms with Gasteiger partial charge in [-0.1, -0.05) is 0 Å². The minimum atomic E-state index is -4.72. The van der Waals surface area contributed by atoms with Gasteiger partial charge in [0.25, 0.3) is 5.56 Å². The summed E-state index contributed by atoms with van der Waals surface area (Å²) in [5.74, 6) is 0.896. The number of carbonyl (C=O) groups is 3. The van der Waals surface area contributed by atoms with E-state index in [2.05, 4.69) is 30.6 Å². The first-order valence-corrected chi connectivity index (χ1v) is 19.1. The molecule has 2 aromatic carbocycles. The average Bonchev–Trinajstić information content (AvgIpc) is 3.88. The minimum Gasteiger partial charge on any atom is -0.496 e. The van der Waals surface area contributed by atoms with Crippen molar-refractivity contribution in [2.45, 2.75) is 38.4 Å². The topological polar surface area (TPSA) is 174 Å². The third-order valence-corrected chi connectivity index (χ3v) is 11.5. The number of ether oxygens (including phenoxy) is 2. The average molecular weight is 805 g/mol. The van der Waals surface area contributed by atoms with Crippen molar-refractivity contribution in [3.8, 4) is 22.6 Å². The van der Waals surface area contributed by atoms with Crippen LogP contribution in [0, 0.1) is 5.92 Å². The number of carbonyl (C=O) groups excluding carboxylic acids is 3. The largest absolute Gasteiger partial charge is 0.496 e. The zero-order valence-electron chi connectivity index (χ0n) is 32.2. The van der Waals surface area contributed by atoms with E-state index < -0.39 is 23.7 Å². The van der Waals surface area contributed by atoms with Gasteiger partial charge < -0.3 is 23.8 Å². The Hall–Kier alpha value is -6.11. The fraction of sp³-hybridized carbons (Fsp3) is 0.436. The second kappa shape index (κ2) is 15.3. The summed E-state index contributed by atoms with van der Waals surface area (Å²) in [5.41, 5.74) is 1.62. The van der Waals surface area contributed by atoms with E-state index in [-0.39, 0.29) is 52.8 Å². The van der Waals surface area contributed by atoms with Gasteiger partial charge in [0.05, 0.1) is 37.2 Å². The number of alkyl halides is 3. The molecule has 3 saturated heterocycles. The normalized spacial score (nSPS) is 17.4. The van der Waals surface area contributed by atoms with Gasteiger partial charge in [0.2, 0.25) is 11.8 Å². The molecule has 3 fully saturated rings. The SMILES string of the molecule is COc1cc(-c2cn(C)c(=O)c3[nH]ncc23)cc(OC)c1CN1CCN(C(=O)CC2CCN(c3ccc4c(N5CCC(=O)NC5=O)n[nH]c4c3C(F)(F)F)CC2)CC1. The van der Waals surface area contributed by atoms with Crippen LogP contribution in [0.15, 0.2) is 41.5 Å². The lowest BCUT2D eigenvalue weighted by Crippen LogP contribution is -2.49. The van der Waals surface area contributed by atoms with Gasteiger partial charge in [-0.05, 0) is 48.6 Å². The molecule has 3 aromatic heterocycles. The number of nitrogens with one attached hydrogen (secondary N) is 3. The van der Waals surface area contributed by atoms with Crippen LogP contribution in [-0.4, -0.2) is 113 Å². The van der Waals surface area contributed by atoms with Crippen molar-refractivity contribution in [1.82, 2.24) is 40.1 Å². The fourth-order valence-corrected chi connectivity index (χ4v) is 8.40. The first-order chi connectivity index (χ1) is 27.8. The van der Waals surface area contributed by atoms with E-state index in [4.69, 9.17) is 9.47 Å². The van der Waals surface area contributed by atoms with Crippen molar-refractivity contribution in [3.05, 3.63) is 58.1 Å². The smallest absolute Gasteiger partial charge is 0.420 e. The molecule has 6 heterocycles. The standard InChI is InChI=1S/C39H43F3N10O6/c1-48-20-26(25-19-43-45-35(25)37(48)55)23-17-29(57-2)27(30(18-23)58-3)21-49-12-14-51(15-13-49)32(54)16-22-6-9-50(10-7-22)28-5-4-24-34(33(28)39(40,41)42)46-47-36(24)52-11-8-31(53)44-38(52)56/h4-5,17-20,22H,6-16,21H2,1-3H3,(H,43,45)(H,46,47)(H,44,53,56). The molecule has 306 valence electrons. The summed E-state index contributed by atoms with van der Waals surface area (Å²) in [6.07, 6.45) is 0.114. The molecule has 0 unspecified atom stereocenters. The molecular weight excluding hydrogens is 761 g/mol. The third kappa shape index (κ3) is 7.18. The highest BCUT2D eigenvalue weighted by Gasteiger charge is 2.40. The number of piperazine rings is 1. The molecule has 4 amide bonds. The quantitative estimate of drug-likeness (QED) is 0.196. The van der Waals surface area contributed by atoms with Gasteiger partial charge >= 0.3 is 12.2 Å². The van der Waals surface area contributed by atoms with Gasteiger partial charge in [-0.3, -0.25) is 39.7 Å². The Morgan fingerprint density at radius 3 is 2.28 bits per heavy atom. The van der Waals surface area contributed by atoms with E-state index in [9.17, 15) is 32.3 Å². The number of imide groups is 1. The first kappa shape index (κ1) is 38.7. The molecule has 0 atom stereocenters. The molecule has 8 rings (SSSR count). The Kier molecular flexibility index (Phi) is 10.2. The summed E-state index contributed by atoms with van der Waals surface area (Å²) in [6.45, 7) is 3.56. The number of piperidine rings is 1. The molecular formula is C39H43F3N10O6. The predicted molar refractivity (Wildman–Crippen MR) is 208 cm³/mol. The monoisotopic (exact) mass is 804 g/mol. The molecule has 5 aromatic rings. The molecule has 58 heavy (non-hydrogen) atoms. The summed E-state index contributed by atoms with van der Waals surface area (Å²) in [4.78, 5) is 57.1. The Balaban J connectivity index is 0.886. The van der Waals surface area contributed by atoms with Crippen LogP contribution in [0.1, 0.15) is 36.8 Å². The molecule has 0 aliphatic carbocycles. The van der Waals surface area contributed by atoms with Crippen molar-refractivity contribution < 1.29 is 37.0 Å². The highest BCUT2D eigenvalue weighted by molar-refractivity contribution is 6.09. The second-order valence-electron chi connectivity index (χ2n) is 15.0. The highest BCUT2D eigenvalue weighted by Crippen LogP contribution is 2.44. The van der Waals surface area contributed by atoms with Gasteiger partial charge in [-0.15, -0.1) is 0 Å². The van der Waals surface area contributed by atoms with Gasteiger partial charge in [-0.25, -0.2) is 4.79 Å². The Labute approximate surface area is 329 Å². The number of H-pyrrole nitrogens is 2. The lowest BCUT2D eigenvalue weighted by molar-refractivity contribution is -0.136. The van der Waals surface area contributed by atoms with Crippen LogP contribution in [0.4, 0.5) is 29.5 Å². The predicted octanol–water partition coefficient (Wildman–Crippen LogP) is 4.24. The molecule has 0 saturated carbocycles. The maximum Gasteiger partial charge on any atom is 0.420 e. The van der Waals surface area contributed by atoms with Crippen LogP contribution in [0.2, 0.25) is 0 Å². The number of amides is 4. The summed E-state index contributed by atoms with van der Waals surface area (Å²) < 4.78 is 57.1. The van der Waals surface area contributed by atoms with Crippen LogP contribution in [0.5, 0.6) is 11.5 Å². The second-order valence-corrected chi connectivity index (χ2v) is 15.0. The number of rotatable bonds is 9. The number of nitrogens with zero attached hydrogens (tertiary/aromatic N) is 7. The number of hydrogen-bond acceptors (Lipinski definition) is 10. The van der Waals surface area contributed by atoms with Crippen molar-refractivity contribution in [2.75, 3.05) is 69.8 Å². The number of methoxy groups -OCH3 is 2. The lowest BCUT2D eigenvalue weighted by Gasteiger charge is -2.38. The van der Waals surface area contributed by atoms with Crippen molar-refractivity contribution in [3.63, 3.8) is 0 Å². The zero-order chi connectivity index (χ0) is 40.9. The van der Waals surface area contributed by atoms with E-state index in [0.29, 0.717) is 87.5 Å². The number of anilines is 2. The molecule has 19 heteroatoms. The van der Waals surface area contributed by atoms with Crippen LogP contribution < -0.4 is 30.1 Å². The number of aryl methyl sites for hydroxylation is 1. The van der Waals surface area contributed by atoms with Gasteiger partial charge in [-0.2, -0.15) is 23.4 Å². The van der Waals surface area contributed by atoms with E-state index in [1.54, 1.807) is 38.6 Å². The summed E-state index contributed by atoms with van der Waals surface area (Å²) in [6, 6.07) is 6.04. The van der Waals surface area contributed by atoms with E-state index in [1.165, 1.54) is 16.7 Å². The molecule has 0 bridgehead atoms. The molecule has 0 radical (unpaired) electrons. The first-order valence-electron chi connectivity index (χ1n) is 19.1. The van der Waals surface area contributed by atoms with E-state index >= 15 is 0 Å². The van der Waals surface area contributed by atoms with Crippen molar-refractivity contribution >= 4 is 51.2 Å². The van der Waals surface area contributed by atoms with Crippen LogP contribution >= 0.6 is 0 Å². The molecule has 16 nitrogen and oxygen atoms in total. The Morgan fingerprint density at radius 1 is 0.914 bits per heavy atom. The van der Waals surface area contributed by atoms with E-state index in [1.807, 2.05) is 17.0 Å². The number of hydrogen-bond donors (Lipinski definition) is 3. The molecule has 0 spiro atoms. The Bertz CT molecular complexity index is 2440. The van der Waals surface area contributed by atoms with Gasteiger partial charge in [0.15, 0.2) is 5.82 Å². The fourth-order valence-electron chi connectivity index (χ4n) is 8.40. The molecule has 3 N–H and O–H groups in total. The summed E-state index contributed by atoms with van der Waals surface area (Å²) >= 11 is 0. The number of urea groups is 1. The number of fused-ring (bicyclic) bond motifs is 2. The maximum atomic E-state index is 14.6. The summed E-state index contributed by atoms with van der Waals surface area (Å²) in [7, 11) is 4.89. The zero-order valence-corrected chi connectivity index (χ0v) is 32.2. The maximum absolute atomic E-state index is 14.6. The van der Waals surface area contributed by atoms with Crippen LogP contribution in [0.25, 0.3) is 32.9 Å². The number of benzene rings is 2. The van der Waals surface area contributed by atoms with Crippen LogP contribution in [-0.2, 0) is 29.4 Å². The number of aromatic amines is 2. The number of pyridine rings is 1. The van der Waals surface area contributed by atoms with Gasteiger partial charge in [0, 0.05) is 94.8 Å². The highest BCUT2D eigenvalue weighted by atomic mass is 19.4. The van der Waals surface area contributed by atoms with Crippen molar-refractivity contribution in [1.29, 1.82) is 0 Å². The lowest BCUT2D eigenvalue weighted by atomic mass is 9.92. The summed E-state index contributed by atoms with van der Waals surface area (Å²) in [5, 5.41) is 16.4. The van der Waals surface area contributed by atoms with Crippen molar-refractivity contribution in [2.24, 2.45) is 13.0 Å². The molecule has 3 aliphatic heterocycles.